The molecule has 1 unspecified atom stereocenters. The molecule has 0 amide bonds. The fraction of sp³-hybridized carbons (Fsp3) is 0.560. The molecule has 3 aromatic rings. The van der Waals surface area contributed by atoms with E-state index in [1.165, 1.54) is 6.33 Å². The lowest BCUT2D eigenvalue weighted by molar-refractivity contribution is 0.0746. The Morgan fingerprint density at radius 2 is 2.00 bits per heavy atom. The van der Waals surface area contributed by atoms with Crippen molar-refractivity contribution in [1.29, 1.82) is 5.26 Å². The molecule has 6 rings (SSSR count). The van der Waals surface area contributed by atoms with Gasteiger partial charge in [0.25, 0.3) is 0 Å². The maximum atomic E-state index is 13.8. The average molecular weight is 507 g/mol. The third-order valence-corrected chi connectivity index (χ3v) is 10.1. The van der Waals surface area contributed by atoms with E-state index in [9.17, 15) is 14.3 Å². The second kappa shape index (κ2) is 7.95. The summed E-state index contributed by atoms with van der Waals surface area (Å²) in [4.78, 5) is 21.8. The molecule has 11 heteroatoms. The van der Waals surface area contributed by atoms with Crippen LogP contribution in [0, 0.1) is 16.7 Å². The highest BCUT2D eigenvalue weighted by molar-refractivity contribution is 7.92. The molecule has 1 saturated heterocycles. The Labute approximate surface area is 210 Å². The van der Waals surface area contributed by atoms with Crippen LogP contribution in [0.4, 0.5) is 0 Å². The summed E-state index contributed by atoms with van der Waals surface area (Å²) < 4.78 is 23.9. The highest BCUT2D eigenvalue weighted by Crippen LogP contribution is 2.43. The zero-order valence-electron chi connectivity index (χ0n) is 20.8. The number of hydrogen-bond donors (Lipinski definition) is 0. The van der Waals surface area contributed by atoms with Gasteiger partial charge in [0.1, 0.15) is 21.8 Å². The molecule has 3 aromatic heterocycles. The lowest BCUT2D eigenvalue weighted by Crippen LogP contribution is -2.64. The summed E-state index contributed by atoms with van der Waals surface area (Å²) >= 11 is 0. The smallest absolute Gasteiger partial charge is 0.237 e. The van der Waals surface area contributed by atoms with Gasteiger partial charge in [-0.25, -0.2) is 22.8 Å². The molecule has 0 aromatic carbocycles. The molecule has 0 spiro atoms. The van der Waals surface area contributed by atoms with Crippen LogP contribution >= 0.6 is 0 Å². The minimum atomic E-state index is -2.41. The van der Waals surface area contributed by atoms with Crippen molar-refractivity contribution in [3.05, 3.63) is 31.0 Å². The van der Waals surface area contributed by atoms with Crippen LogP contribution in [0.25, 0.3) is 22.3 Å². The van der Waals surface area contributed by atoms with Crippen molar-refractivity contribution in [1.82, 2.24) is 28.6 Å². The molecule has 2 saturated carbocycles. The van der Waals surface area contributed by atoms with E-state index >= 15 is 0 Å². The lowest BCUT2D eigenvalue weighted by atomic mass is 9.89. The maximum absolute atomic E-state index is 13.8. The van der Waals surface area contributed by atoms with Crippen LogP contribution in [0.15, 0.2) is 35.3 Å². The van der Waals surface area contributed by atoms with Gasteiger partial charge in [0.05, 0.1) is 35.7 Å². The van der Waals surface area contributed by atoms with Crippen molar-refractivity contribution in [2.45, 2.75) is 69.7 Å². The lowest BCUT2D eigenvalue weighted by Gasteiger charge is -2.49. The van der Waals surface area contributed by atoms with Gasteiger partial charge in [0.2, 0.25) is 5.91 Å². The number of rotatable bonds is 6. The number of carbonyl (C=O) groups excluding carboxylic acids is 1. The highest BCUT2D eigenvalue weighted by Gasteiger charge is 2.53. The van der Waals surface area contributed by atoms with Crippen LogP contribution in [0.1, 0.15) is 57.7 Å². The van der Waals surface area contributed by atoms with Crippen molar-refractivity contribution < 1.29 is 9.00 Å². The quantitative estimate of drug-likeness (QED) is 0.503. The molecule has 3 aliphatic rings. The Kier molecular flexibility index (Phi) is 5.15. The van der Waals surface area contributed by atoms with E-state index in [4.69, 9.17) is 4.36 Å². The number of nitriles is 1. The maximum Gasteiger partial charge on any atom is 0.237 e. The molecule has 188 valence electrons. The second-order valence-corrected chi connectivity index (χ2v) is 13.8. The first-order chi connectivity index (χ1) is 17.1. The predicted octanol–water partition coefficient (Wildman–Crippen LogP) is 3.61. The van der Waals surface area contributed by atoms with Gasteiger partial charge in [-0.05, 0) is 31.7 Å². The summed E-state index contributed by atoms with van der Waals surface area (Å²) in [5.41, 5.74) is 0.918. The number of carbonyl (C=O) groups is 1. The molecule has 0 radical (unpaired) electrons. The molecule has 36 heavy (non-hydrogen) atoms. The van der Waals surface area contributed by atoms with Crippen LogP contribution in [0.5, 0.6) is 0 Å². The molecule has 0 N–H and O–H groups in total. The van der Waals surface area contributed by atoms with E-state index in [-0.39, 0.29) is 23.6 Å². The van der Waals surface area contributed by atoms with Crippen LogP contribution in [0.3, 0.4) is 0 Å². The van der Waals surface area contributed by atoms with Crippen molar-refractivity contribution in [3.63, 3.8) is 0 Å². The molecule has 3 fully saturated rings. The Balaban J connectivity index is 1.32. The van der Waals surface area contributed by atoms with Gasteiger partial charge in [0, 0.05) is 41.8 Å². The van der Waals surface area contributed by atoms with Gasteiger partial charge in [0.15, 0.2) is 5.65 Å². The average Bonchev–Trinajstić information content (AvgIpc) is 3.73. The Morgan fingerprint density at radius 1 is 1.25 bits per heavy atom. The van der Waals surface area contributed by atoms with Gasteiger partial charge in [-0.3, -0.25) is 14.0 Å². The largest absolute Gasteiger partial charge is 0.273 e. The molecular formula is C25H30N8O2S. The fourth-order valence-corrected chi connectivity index (χ4v) is 7.79. The molecule has 2 aliphatic carbocycles. The van der Waals surface area contributed by atoms with Gasteiger partial charge >= 0.3 is 0 Å². The van der Waals surface area contributed by atoms with Crippen molar-refractivity contribution in [2.24, 2.45) is 9.78 Å². The molecule has 1 aliphatic heterocycles. The Bertz CT molecular complexity index is 1520. The fourth-order valence-electron chi connectivity index (χ4n) is 4.82. The first-order valence-electron chi connectivity index (χ1n) is 12.4. The third-order valence-electron chi connectivity index (χ3n) is 7.21. The van der Waals surface area contributed by atoms with E-state index < -0.39 is 20.9 Å². The third kappa shape index (κ3) is 3.74. The highest BCUT2D eigenvalue weighted by atomic mass is 32.2. The normalized spacial score (nSPS) is 21.5. The first kappa shape index (κ1) is 23.3. The van der Waals surface area contributed by atoms with Gasteiger partial charge in [-0.15, -0.1) is 0 Å². The van der Waals surface area contributed by atoms with E-state index in [1.54, 1.807) is 17.0 Å². The number of fused-ring (bicyclic) bond motifs is 1. The van der Waals surface area contributed by atoms with Crippen molar-refractivity contribution in [2.75, 3.05) is 13.1 Å². The number of hydrogen-bond acceptors (Lipinski definition) is 7. The molecule has 1 atom stereocenters. The Morgan fingerprint density at radius 3 is 2.64 bits per heavy atom. The summed E-state index contributed by atoms with van der Waals surface area (Å²) in [5, 5.41) is 15.2. The SMILES string of the molecule is CC(C)(C)C(=O)n1ccc2c(-c3cnn(C4(CC#N)CN(S(=O)(=NC5CC5)C5CC5)C4)c3)ncnc21. The summed E-state index contributed by atoms with van der Waals surface area (Å²) in [6.45, 7) is 6.61. The van der Waals surface area contributed by atoms with Crippen LogP contribution in [0.2, 0.25) is 0 Å². The zero-order chi connectivity index (χ0) is 25.3. The zero-order valence-corrected chi connectivity index (χ0v) is 21.6. The monoisotopic (exact) mass is 506 g/mol. The van der Waals surface area contributed by atoms with Crippen LogP contribution < -0.4 is 0 Å². The van der Waals surface area contributed by atoms with E-state index in [2.05, 4.69) is 21.1 Å². The minimum absolute atomic E-state index is 0.0451. The van der Waals surface area contributed by atoms with Crippen molar-refractivity contribution in [3.8, 4) is 17.3 Å². The summed E-state index contributed by atoms with van der Waals surface area (Å²) in [7, 11) is -2.41. The van der Waals surface area contributed by atoms with Gasteiger partial charge in [-0.2, -0.15) is 10.4 Å². The summed E-state index contributed by atoms with van der Waals surface area (Å²) in [5.74, 6) is -0.0451. The van der Waals surface area contributed by atoms with Crippen LogP contribution in [-0.4, -0.2) is 63.1 Å². The molecular weight excluding hydrogens is 476 g/mol. The van der Waals surface area contributed by atoms with Gasteiger partial charge < -0.3 is 0 Å². The van der Waals surface area contributed by atoms with E-state index in [0.717, 1.165) is 36.6 Å². The predicted molar refractivity (Wildman–Crippen MR) is 135 cm³/mol. The van der Waals surface area contributed by atoms with Gasteiger partial charge in [-0.1, -0.05) is 20.8 Å². The standard InChI is InChI=1S/C25H30N8O2S/c1-24(2,3)23(34)32-11-8-20-21(27-16-28-22(20)32)17-12-29-33(13-17)25(9-10-26)14-31(15-25)36(35,19-6-7-19)30-18-4-5-18/h8,11-13,16,18-19H,4-7,9,14-15H2,1-3H3. The van der Waals surface area contributed by atoms with E-state index in [0.29, 0.717) is 24.4 Å². The minimum Gasteiger partial charge on any atom is -0.273 e. The number of nitrogens with zero attached hydrogens (tertiary/aromatic N) is 8. The number of aromatic nitrogens is 5. The van der Waals surface area contributed by atoms with Crippen LogP contribution in [-0.2, 0) is 15.5 Å². The molecule has 10 nitrogen and oxygen atoms in total. The molecule has 0 bridgehead atoms. The topological polar surface area (TPSA) is 122 Å². The van der Waals surface area contributed by atoms with E-state index in [1.807, 2.05) is 42.0 Å². The first-order valence-corrected chi connectivity index (χ1v) is 14.0. The molecule has 4 heterocycles. The second-order valence-electron chi connectivity index (χ2n) is 11.3. The Hall–Kier alpha value is -3.10. The van der Waals surface area contributed by atoms with Crippen molar-refractivity contribution >= 4 is 26.9 Å². The summed E-state index contributed by atoms with van der Waals surface area (Å²) in [6, 6.07) is 4.40. The summed E-state index contributed by atoms with van der Waals surface area (Å²) in [6.07, 6.45) is 11.1.